The Morgan fingerprint density at radius 3 is 2.71 bits per heavy atom. The maximum atomic E-state index is 6.18. The number of rotatable bonds is 1. The van der Waals surface area contributed by atoms with Crippen molar-refractivity contribution in [1.82, 2.24) is 5.32 Å². The maximum Gasteiger partial charge on any atom is 0.0480 e. The molecule has 0 saturated carbocycles. The van der Waals surface area contributed by atoms with Crippen LogP contribution >= 0.6 is 35.0 Å². The van der Waals surface area contributed by atoms with Crippen molar-refractivity contribution in [2.45, 2.75) is 23.1 Å². The molecule has 0 amide bonds. The molecule has 76 valence electrons. The van der Waals surface area contributed by atoms with Crippen LogP contribution in [-0.2, 0) is 0 Å². The van der Waals surface area contributed by atoms with Gasteiger partial charge in [0.15, 0.2) is 0 Å². The van der Waals surface area contributed by atoms with Crippen molar-refractivity contribution in [3.63, 3.8) is 0 Å². The molecule has 4 heteroatoms. The molecule has 0 aliphatic carbocycles. The van der Waals surface area contributed by atoms with Crippen LogP contribution in [0, 0.1) is 0 Å². The first-order chi connectivity index (χ1) is 6.63. The van der Waals surface area contributed by atoms with Gasteiger partial charge in [0, 0.05) is 31.8 Å². The molecule has 1 aromatic rings. The summed E-state index contributed by atoms with van der Waals surface area (Å²) in [5, 5.41) is 5.27. The molecule has 2 rings (SSSR count). The highest BCUT2D eigenvalue weighted by Gasteiger charge is 2.31. The minimum absolute atomic E-state index is 0.333. The van der Waals surface area contributed by atoms with Crippen molar-refractivity contribution in [3.05, 3.63) is 27.7 Å². The molecule has 0 fully saturated rings. The van der Waals surface area contributed by atoms with Gasteiger partial charge in [0.2, 0.25) is 0 Å². The van der Waals surface area contributed by atoms with E-state index >= 15 is 0 Å². The Hall–Kier alpha value is 0.110. The second kappa shape index (κ2) is 3.93. The summed E-state index contributed by atoms with van der Waals surface area (Å²) in [5.74, 6) is 0. The van der Waals surface area contributed by atoms with E-state index in [9.17, 15) is 0 Å². The van der Waals surface area contributed by atoms with Crippen molar-refractivity contribution in [3.8, 4) is 0 Å². The van der Waals surface area contributed by atoms with Crippen LogP contribution in [0.4, 0.5) is 0 Å². The lowest BCUT2D eigenvalue weighted by molar-refractivity contribution is 0.596. The van der Waals surface area contributed by atoms with E-state index < -0.39 is 0 Å². The van der Waals surface area contributed by atoms with Crippen molar-refractivity contribution in [2.24, 2.45) is 0 Å². The third-order valence-corrected chi connectivity index (χ3v) is 4.23. The summed E-state index contributed by atoms with van der Waals surface area (Å²) in [5.41, 5.74) is 1.19. The number of thioether (sulfide) groups is 1. The monoisotopic (exact) mass is 247 g/mol. The van der Waals surface area contributed by atoms with Gasteiger partial charge in [-0.3, -0.25) is 0 Å². The third kappa shape index (κ3) is 1.65. The van der Waals surface area contributed by atoms with Gasteiger partial charge in [-0.05, 0) is 19.2 Å². The Balaban J connectivity index is 2.53. The second-order valence-corrected chi connectivity index (χ2v) is 5.65. The molecule has 1 aromatic carbocycles. The zero-order chi connectivity index (χ0) is 10.3. The van der Waals surface area contributed by atoms with E-state index in [0.29, 0.717) is 16.3 Å². The quantitative estimate of drug-likeness (QED) is 0.812. The molecular weight excluding hydrogens is 237 g/mol. The molecular formula is C10H11Cl2NS. The van der Waals surface area contributed by atoms with Gasteiger partial charge < -0.3 is 5.32 Å². The highest BCUT2D eigenvalue weighted by molar-refractivity contribution is 8.00. The van der Waals surface area contributed by atoms with Crippen LogP contribution in [0.1, 0.15) is 18.5 Å². The highest BCUT2D eigenvalue weighted by Crippen LogP contribution is 2.47. The second-order valence-electron chi connectivity index (χ2n) is 3.39. The van der Waals surface area contributed by atoms with E-state index in [1.165, 1.54) is 10.5 Å². The molecule has 1 heterocycles. The fourth-order valence-electron chi connectivity index (χ4n) is 1.84. The zero-order valence-electron chi connectivity index (χ0n) is 7.97. The Labute approximate surface area is 98.2 Å². The predicted molar refractivity (Wildman–Crippen MR) is 63.6 cm³/mol. The minimum Gasteiger partial charge on any atom is -0.312 e. The molecule has 0 aromatic heterocycles. The molecule has 1 aliphatic heterocycles. The summed E-state index contributed by atoms with van der Waals surface area (Å²) in [6.07, 6.45) is 0. The van der Waals surface area contributed by atoms with Crippen LogP contribution in [0.15, 0.2) is 17.0 Å². The van der Waals surface area contributed by atoms with Crippen LogP contribution in [0.25, 0.3) is 0 Å². The number of hydrogen-bond donors (Lipinski definition) is 1. The predicted octanol–water partition coefficient (Wildman–Crippen LogP) is 3.75. The van der Waals surface area contributed by atoms with E-state index in [1.807, 2.05) is 30.9 Å². The van der Waals surface area contributed by atoms with Crippen LogP contribution < -0.4 is 5.32 Å². The minimum atomic E-state index is 0.333. The number of fused-ring (bicyclic) bond motifs is 1. The maximum absolute atomic E-state index is 6.18. The molecule has 14 heavy (non-hydrogen) atoms. The van der Waals surface area contributed by atoms with Crippen molar-refractivity contribution < 1.29 is 0 Å². The summed E-state index contributed by atoms with van der Waals surface area (Å²) < 4.78 is 0. The van der Waals surface area contributed by atoms with Crippen LogP contribution in [0.3, 0.4) is 0 Å². The Kier molecular flexibility index (Phi) is 2.98. The average molecular weight is 248 g/mol. The fraction of sp³-hybridized carbons (Fsp3) is 0.400. The molecule has 2 atom stereocenters. The van der Waals surface area contributed by atoms with Gasteiger partial charge in [-0.25, -0.2) is 0 Å². The summed E-state index contributed by atoms with van der Waals surface area (Å²) in [4.78, 5) is 1.20. The molecule has 0 saturated heterocycles. The van der Waals surface area contributed by atoms with Crippen molar-refractivity contribution in [2.75, 3.05) is 7.05 Å². The van der Waals surface area contributed by atoms with Gasteiger partial charge in [0.1, 0.15) is 0 Å². The molecule has 1 nitrogen and oxygen atoms in total. The Morgan fingerprint density at radius 1 is 1.36 bits per heavy atom. The molecule has 0 radical (unpaired) electrons. The molecule has 0 bridgehead atoms. The normalized spacial score (nSPS) is 25.1. The molecule has 0 spiro atoms. The van der Waals surface area contributed by atoms with Gasteiger partial charge >= 0.3 is 0 Å². The fourth-order valence-corrected chi connectivity index (χ4v) is 3.94. The first kappa shape index (κ1) is 10.6. The SMILES string of the molecule is CNC1c2c(Cl)cc(Cl)cc2SC1C. The van der Waals surface area contributed by atoms with Crippen molar-refractivity contribution in [1.29, 1.82) is 0 Å². The number of halogens is 2. The highest BCUT2D eigenvalue weighted by atomic mass is 35.5. The molecule has 2 unspecified atom stereocenters. The third-order valence-electron chi connectivity index (χ3n) is 2.46. The Bertz CT molecular complexity index is 367. The summed E-state index contributed by atoms with van der Waals surface area (Å²) >= 11 is 13.9. The standard InChI is InChI=1S/C10H11Cl2NS/c1-5-10(13-2)9-7(12)3-6(11)4-8(9)14-5/h3-5,10,13H,1-2H3. The van der Waals surface area contributed by atoms with Gasteiger partial charge in [-0.2, -0.15) is 0 Å². The lowest BCUT2D eigenvalue weighted by Gasteiger charge is -2.15. The largest absolute Gasteiger partial charge is 0.312 e. The smallest absolute Gasteiger partial charge is 0.0480 e. The average Bonchev–Trinajstić information content (AvgIpc) is 2.40. The van der Waals surface area contributed by atoms with Crippen LogP contribution in [0.2, 0.25) is 10.0 Å². The molecule has 1 aliphatic rings. The lowest BCUT2D eigenvalue weighted by Crippen LogP contribution is -2.21. The van der Waals surface area contributed by atoms with Gasteiger partial charge in [-0.1, -0.05) is 30.1 Å². The van der Waals surface area contributed by atoms with E-state index in [2.05, 4.69) is 12.2 Å². The van der Waals surface area contributed by atoms with Crippen molar-refractivity contribution >= 4 is 35.0 Å². The Morgan fingerprint density at radius 2 is 2.07 bits per heavy atom. The van der Waals surface area contributed by atoms with Gasteiger partial charge in [-0.15, -0.1) is 11.8 Å². The lowest BCUT2D eigenvalue weighted by atomic mass is 10.1. The number of benzene rings is 1. The summed E-state index contributed by atoms with van der Waals surface area (Å²) in [6.45, 7) is 2.19. The van der Waals surface area contributed by atoms with E-state index in [0.717, 1.165) is 5.02 Å². The molecule has 1 N–H and O–H groups in total. The van der Waals surface area contributed by atoms with Gasteiger partial charge in [0.25, 0.3) is 0 Å². The van der Waals surface area contributed by atoms with Crippen LogP contribution in [-0.4, -0.2) is 12.3 Å². The number of nitrogens with one attached hydrogen (secondary N) is 1. The zero-order valence-corrected chi connectivity index (χ0v) is 10.3. The summed E-state index contributed by atoms with van der Waals surface area (Å²) in [6, 6.07) is 4.13. The van der Waals surface area contributed by atoms with Crippen LogP contribution in [0.5, 0.6) is 0 Å². The van der Waals surface area contributed by atoms with E-state index in [4.69, 9.17) is 23.2 Å². The van der Waals surface area contributed by atoms with E-state index in [1.54, 1.807) is 0 Å². The topological polar surface area (TPSA) is 12.0 Å². The van der Waals surface area contributed by atoms with Gasteiger partial charge in [0.05, 0.1) is 0 Å². The first-order valence-corrected chi connectivity index (χ1v) is 6.10. The van der Waals surface area contributed by atoms with E-state index in [-0.39, 0.29) is 0 Å². The summed E-state index contributed by atoms with van der Waals surface area (Å²) in [7, 11) is 1.96. The number of hydrogen-bond acceptors (Lipinski definition) is 2. The first-order valence-electron chi connectivity index (χ1n) is 4.46.